The summed E-state index contributed by atoms with van der Waals surface area (Å²) in [7, 11) is 0. The minimum absolute atomic E-state index is 0.0950. The summed E-state index contributed by atoms with van der Waals surface area (Å²) in [5.74, 6) is 0.517. The van der Waals surface area contributed by atoms with Crippen molar-refractivity contribution in [3.05, 3.63) is 11.6 Å². The quantitative estimate of drug-likeness (QED) is 0.751. The number of nitrogens with zero attached hydrogens (tertiary/aromatic N) is 1. The van der Waals surface area contributed by atoms with E-state index in [1.807, 2.05) is 11.8 Å². The fourth-order valence-corrected chi connectivity index (χ4v) is 2.84. The van der Waals surface area contributed by atoms with Gasteiger partial charge in [-0.1, -0.05) is 11.6 Å². The van der Waals surface area contributed by atoms with E-state index in [0.717, 1.165) is 45.7 Å². The molecule has 0 aromatic heterocycles. The Morgan fingerprint density at radius 2 is 2.47 bits per heavy atom. The lowest BCUT2D eigenvalue weighted by molar-refractivity contribution is 0.113. The fourth-order valence-electron chi connectivity index (χ4n) is 2.84. The first-order valence-electron chi connectivity index (χ1n) is 7.58. The number of carbonyl (C=O) groups is 1. The number of hydrogen-bond donors (Lipinski definition) is 1. The molecule has 1 heterocycles. The number of allylic oxidation sites excluding steroid dienone is 1. The molecule has 4 nitrogen and oxygen atoms in total. The summed E-state index contributed by atoms with van der Waals surface area (Å²) in [6.07, 6.45) is 8.12. The van der Waals surface area contributed by atoms with Crippen molar-refractivity contribution in [3.8, 4) is 0 Å². The molecule has 19 heavy (non-hydrogen) atoms. The molecule has 0 saturated carbocycles. The van der Waals surface area contributed by atoms with Gasteiger partial charge in [-0.15, -0.1) is 0 Å². The maximum atomic E-state index is 12.0. The molecule has 4 heteroatoms. The average Bonchev–Trinajstić information content (AvgIpc) is 3.07. The van der Waals surface area contributed by atoms with Crippen LogP contribution in [0.15, 0.2) is 11.6 Å². The largest absolute Gasteiger partial charge is 0.381 e. The van der Waals surface area contributed by atoms with E-state index in [0.29, 0.717) is 5.92 Å². The van der Waals surface area contributed by atoms with E-state index >= 15 is 0 Å². The molecule has 2 amide bonds. The monoisotopic (exact) mass is 266 g/mol. The SMILES string of the molecule is CCOCC1CCN(C(=O)NCCC2=CCCC2)C1. The zero-order chi connectivity index (χ0) is 13.5. The third kappa shape index (κ3) is 4.53. The minimum Gasteiger partial charge on any atom is -0.381 e. The molecule has 1 unspecified atom stereocenters. The highest BCUT2D eigenvalue weighted by atomic mass is 16.5. The molecule has 2 aliphatic rings. The first-order chi connectivity index (χ1) is 9.29. The van der Waals surface area contributed by atoms with E-state index in [4.69, 9.17) is 4.74 Å². The molecule has 0 bridgehead atoms. The summed E-state index contributed by atoms with van der Waals surface area (Å²) in [5.41, 5.74) is 1.51. The number of urea groups is 1. The number of amides is 2. The molecule has 0 aromatic carbocycles. The van der Waals surface area contributed by atoms with Crippen molar-refractivity contribution >= 4 is 6.03 Å². The van der Waals surface area contributed by atoms with Crippen LogP contribution in [-0.2, 0) is 4.74 Å². The molecule has 1 atom stereocenters. The molecule has 0 spiro atoms. The number of rotatable bonds is 6. The summed E-state index contributed by atoms with van der Waals surface area (Å²) >= 11 is 0. The van der Waals surface area contributed by atoms with Crippen molar-refractivity contribution in [1.29, 1.82) is 0 Å². The summed E-state index contributed by atoms with van der Waals surface area (Å²) in [6.45, 7) is 6.04. The minimum atomic E-state index is 0.0950. The van der Waals surface area contributed by atoms with E-state index in [9.17, 15) is 4.79 Å². The van der Waals surface area contributed by atoms with Crippen molar-refractivity contribution in [3.63, 3.8) is 0 Å². The molecule has 0 aromatic rings. The highest BCUT2D eigenvalue weighted by molar-refractivity contribution is 5.74. The molecule has 108 valence electrons. The zero-order valence-electron chi connectivity index (χ0n) is 12.0. The van der Waals surface area contributed by atoms with Crippen LogP contribution in [0, 0.1) is 5.92 Å². The molecule has 2 rings (SSSR count). The van der Waals surface area contributed by atoms with Gasteiger partial charge in [-0.05, 0) is 39.0 Å². The predicted molar refractivity (Wildman–Crippen MR) is 76.1 cm³/mol. The van der Waals surface area contributed by atoms with Crippen molar-refractivity contribution < 1.29 is 9.53 Å². The van der Waals surface area contributed by atoms with Gasteiger partial charge < -0.3 is 15.0 Å². The van der Waals surface area contributed by atoms with Gasteiger partial charge in [-0.25, -0.2) is 4.79 Å². The van der Waals surface area contributed by atoms with E-state index in [1.165, 1.54) is 24.8 Å². The average molecular weight is 266 g/mol. The lowest BCUT2D eigenvalue weighted by atomic mass is 10.1. The number of hydrogen-bond acceptors (Lipinski definition) is 2. The van der Waals surface area contributed by atoms with Gasteiger partial charge in [-0.3, -0.25) is 0 Å². The summed E-state index contributed by atoms with van der Waals surface area (Å²) < 4.78 is 5.43. The van der Waals surface area contributed by atoms with Crippen molar-refractivity contribution in [1.82, 2.24) is 10.2 Å². The molecule has 1 aliphatic carbocycles. The summed E-state index contributed by atoms with van der Waals surface area (Å²) in [4.78, 5) is 13.9. The lowest BCUT2D eigenvalue weighted by Crippen LogP contribution is -2.39. The predicted octanol–water partition coefficient (Wildman–Crippen LogP) is 2.55. The van der Waals surface area contributed by atoms with Gasteiger partial charge in [0.2, 0.25) is 0 Å². The summed E-state index contributed by atoms with van der Waals surface area (Å²) in [5, 5.41) is 3.03. The topological polar surface area (TPSA) is 41.6 Å². The zero-order valence-corrected chi connectivity index (χ0v) is 12.0. The number of nitrogens with one attached hydrogen (secondary N) is 1. The Morgan fingerprint density at radius 1 is 1.58 bits per heavy atom. The van der Waals surface area contributed by atoms with Crippen LogP contribution in [0.1, 0.15) is 39.0 Å². The van der Waals surface area contributed by atoms with Crippen LogP contribution in [0.5, 0.6) is 0 Å². The summed E-state index contributed by atoms with van der Waals surface area (Å²) in [6, 6.07) is 0.0950. The van der Waals surface area contributed by atoms with E-state index < -0.39 is 0 Å². The normalized spacial score (nSPS) is 22.7. The third-order valence-corrected chi connectivity index (χ3v) is 3.99. The highest BCUT2D eigenvalue weighted by Crippen LogP contribution is 2.20. The molecule has 1 fully saturated rings. The van der Waals surface area contributed by atoms with Crippen molar-refractivity contribution in [2.45, 2.75) is 39.0 Å². The van der Waals surface area contributed by atoms with Crippen LogP contribution >= 0.6 is 0 Å². The van der Waals surface area contributed by atoms with Crippen LogP contribution in [0.2, 0.25) is 0 Å². The van der Waals surface area contributed by atoms with Gasteiger partial charge >= 0.3 is 6.03 Å². The van der Waals surface area contributed by atoms with E-state index in [1.54, 1.807) is 0 Å². The molecular weight excluding hydrogens is 240 g/mol. The Hall–Kier alpha value is -1.03. The molecule has 1 N–H and O–H groups in total. The second-order valence-electron chi connectivity index (χ2n) is 5.50. The molecule has 1 aliphatic heterocycles. The van der Waals surface area contributed by atoms with Gasteiger partial charge in [0.15, 0.2) is 0 Å². The Kier molecular flexibility index (Phi) is 5.70. The number of likely N-dealkylation sites (tertiary alicyclic amines) is 1. The standard InChI is InChI=1S/C15H26N2O2/c1-2-19-12-14-8-10-17(11-14)15(18)16-9-7-13-5-3-4-6-13/h5,14H,2-4,6-12H2,1H3,(H,16,18). The Morgan fingerprint density at radius 3 is 3.21 bits per heavy atom. The van der Waals surface area contributed by atoms with Crippen LogP contribution in [-0.4, -0.2) is 43.8 Å². The second-order valence-corrected chi connectivity index (χ2v) is 5.50. The Labute approximate surface area is 116 Å². The maximum Gasteiger partial charge on any atom is 0.317 e. The van der Waals surface area contributed by atoms with Gasteiger partial charge in [0, 0.05) is 32.2 Å². The van der Waals surface area contributed by atoms with Crippen LogP contribution in [0.4, 0.5) is 4.79 Å². The third-order valence-electron chi connectivity index (χ3n) is 3.99. The highest BCUT2D eigenvalue weighted by Gasteiger charge is 2.25. The Balaban J connectivity index is 1.61. The van der Waals surface area contributed by atoms with Gasteiger partial charge in [0.1, 0.15) is 0 Å². The number of carbonyl (C=O) groups excluding carboxylic acids is 1. The molecule has 0 radical (unpaired) electrons. The van der Waals surface area contributed by atoms with Crippen LogP contribution in [0.25, 0.3) is 0 Å². The first-order valence-corrected chi connectivity index (χ1v) is 7.58. The number of ether oxygens (including phenoxy) is 1. The Bertz CT molecular complexity index is 328. The van der Waals surface area contributed by atoms with Crippen molar-refractivity contribution in [2.24, 2.45) is 5.92 Å². The van der Waals surface area contributed by atoms with Gasteiger partial charge in [0.25, 0.3) is 0 Å². The molecule has 1 saturated heterocycles. The van der Waals surface area contributed by atoms with Gasteiger partial charge in [0.05, 0.1) is 6.61 Å². The lowest BCUT2D eigenvalue weighted by Gasteiger charge is -2.17. The smallest absolute Gasteiger partial charge is 0.317 e. The fraction of sp³-hybridized carbons (Fsp3) is 0.800. The van der Waals surface area contributed by atoms with Gasteiger partial charge in [-0.2, -0.15) is 0 Å². The van der Waals surface area contributed by atoms with Crippen molar-refractivity contribution in [2.75, 3.05) is 32.8 Å². The first kappa shape index (κ1) is 14.4. The van der Waals surface area contributed by atoms with Crippen LogP contribution in [0.3, 0.4) is 0 Å². The molecular formula is C15H26N2O2. The van der Waals surface area contributed by atoms with E-state index in [2.05, 4.69) is 11.4 Å². The maximum absolute atomic E-state index is 12.0. The second kappa shape index (κ2) is 7.53. The van der Waals surface area contributed by atoms with E-state index in [-0.39, 0.29) is 6.03 Å². The van der Waals surface area contributed by atoms with Crippen LogP contribution < -0.4 is 5.32 Å².